The number of benzene rings is 2. The van der Waals surface area contributed by atoms with E-state index in [1.165, 1.54) is 12.1 Å². The first kappa shape index (κ1) is 17.2. The van der Waals surface area contributed by atoms with Crippen molar-refractivity contribution in [3.05, 3.63) is 67.7 Å². The molecule has 1 atom stereocenters. The van der Waals surface area contributed by atoms with E-state index < -0.39 is 16.1 Å². The molecule has 7 heteroatoms. The summed E-state index contributed by atoms with van der Waals surface area (Å²) in [5.41, 5.74) is 1.37. The summed E-state index contributed by atoms with van der Waals surface area (Å²) in [5, 5.41) is 12.0. The van der Waals surface area contributed by atoms with Crippen LogP contribution in [0.3, 0.4) is 0 Å². The van der Waals surface area contributed by atoms with Crippen molar-refractivity contribution in [2.24, 2.45) is 0 Å². The third kappa shape index (κ3) is 2.10. The van der Waals surface area contributed by atoms with E-state index in [0.29, 0.717) is 16.3 Å². The van der Waals surface area contributed by atoms with E-state index in [0.717, 1.165) is 11.3 Å². The lowest BCUT2D eigenvalue weighted by molar-refractivity contribution is -0.384. The first-order valence-electron chi connectivity index (χ1n) is 8.07. The standard InChI is InChI=1S/C19H16Cl2N2O3/c1-18(2)14-9-12(20)4-5-16(14)22(3)19(18)7-6-11-8-13(23(24)25)10-15(21)17(11)26-19/h4-10H,1-3H3. The predicted octanol–water partition coefficient (Wildman–Crippen LogP) is 5.43. The normalized spacial score (nSPS) is 22.1. The number of likely N-dealkylation sites (N-methyl/N-ethyl adjacent to an activating group) is 1. The Morgan fingerprint density at radius 2 is 1.92 bits per heavy atom. The second-order valence-electron chi connectivity index (χ2n) is 7.08. The zero-order valence-electron chi connectivity index (χ0n) is 14.4. The molecule has 0 radical (unpaired) electrons. The Morgan fingerprint density at radius 3 is 2.62 bits per heavy atom. The number of nitrogens with zero attached hydrogens (tertiary/aromatic N) is 2. The quantitative estimate of drug-likeness (QED) is 0.481. The lowest BCUT2D eigenvalue weighted by Crippen LogP contribution is -2.58. The Kier molecular flexibility index (Phi) is 3.56. The summed E-state index contributed by atoms with van der Waals surface area (Å²) in [6.07, 6.45) is 3.77. The van der Waals surface area contributed by atoms with Crippen LogP contribution in [0.4, 0.5) is 11.4 Å². The fourth-order valence-corrected chi connectivity index (χ4v) is 4.37. The zero-order chi connectivity index (χ0) is 18.9. The third-order valence-electron chi connectivity index (χ3n) is 5.40. The molecule has 0 amide bonds. The summed E-state index contributed by atoms with van der Waals surface area (Å²) in [6.45, 7) is 4.17. The van der Waals surface area contributed by atoms with Gasteiger partial charge in [-0.25, -0.2) is 0 Å². The topological polar surface area (TPSA) is 55.6 Å². The molecule has 0 fully saturated rings. The minimum absolute atomic E-state index is 0.0629. The summed E-state index contributed by atoms with van der Waals surface area (Å²) in [7, 11) is 1.95. The third-order valence-corrected chi connectivity index (χ3v) is 5.92. The lowest BCUT2D eigenvalue weighted by Gasteiger charge is -2.45. The van der Waals surface area contributed by atoms with Crippen molar-refractivity contribution in [1.82, 2.24) is 0 Å². The smallest absolute Gasteiger partial charge is 0.271 e. The summed E-state index contributed by atoms with van der Waals surface area (Å²) in [6, 6.07) is 8.56. The van der Waals surface area contributed by atoms with Crippen molar-refractivity contribution in [3.8, 4) is 5.75 Å². The summed E-state index contributed by atoms with van der Waals surface area (Å²) in [4.78, 5) is 12.7. The molecule has 26 heavy (non-hydrogen) atoms. The number of hydrogen-bond acceptors (Lipinski definition) is 4. The van der Waals surface area contributed by atoms with Crippen molar-refractivity contribution in [2.75, 3.05) is 11.9 Å². The van der Waals surface area contributed by atoms with Gasteiger partial charge in [0.15, 0.2) is 0 Å². The molecular formula is C19H16Cl2N2O3. The average Bonchev–Trinajstić information content (AvgIpc) is 2.74. The van der Waals surface area contributed by atoms with Gasteiger partial charge in [0, 0.05) is 35.5 Å². The molecule has 0 N–H and O–H groups in total. The molecule has 1 unspecified atom stereocenters. The minimum atomic E-state index is -0.813. The maximum absolute atomic E-state index is 11.1. The Hall–Kier alpha value is -2.24. The molecule has 2 heterocycles. The minimum Gasteiger partial charge on any atom is -0.461 e. The van der Waals surface area contributed by atoms with Gasteiger partial charge >= 0.3 is 0 Å². The summed E-state index contributed by atoms with van der Waals surface area (Å²) < 4.78 is 6.44. The van der Waals surface area contributed by atoms with Gasteiger partial charge in [0.05, 0.1) is 15.4 Å². The van der Waals surface area contributed by atoms with Crippen LogP contribution in [0, 0.1) is 10.1 Å². The van der Waals surface area contributed by atoms with Crippen LogP contribution in [-0.4, -0.2) is 17.7 Å². The number of fused-ring (bicyclic) bond motifs is 2. The van der Waals surface area contributed by atoms with Gasteiger partial charge in [-0.2, -0.15) is 0 Å². The fraction of sp³-hybridized carbons (Fsp3) is 0.263. The van der Waals surface area contributed by atoms with E-state index in [1.54, 1.807) is 0 Å². The molecular weight excluding hydrogens is 375 g/mol. The van der Waals surface area contributed by atoms with Crippen LogP contribution in [0.5, 0.6) is 5.75 Å². The monoisotopic (exact) mass is 390 g/mol. The molecule has 0 saturated carbocycles. The first-order chi connectivity index (χ1) is 12.2. The van der Waals surface area contributed by atoms with Gasteiger partial charge in [0.25, 0.3) is 5.69 Å². The summed E-state index contributed by atoms with van der Waals surface area (Å²) >= 11 is 12.5. The Labute approximate surface area is 160 Å². The van der Waals surface area contributed by atoms with E-state index in [1.807, 2.05) is 37.4 Å². The van der Waals surface area contributed by atoms with Crippen LogP contribution in [0.2, 0.25) is 10.0 Å². The maximum atomic E-state index is 11.1. The number of ether oxygens (including phenoxy) is 1. The molecule has 0 bridgehead atoms. The van der Waals surface area contributed by atoms with Gasteiger partial charge in [-0.3, -0.25) is 10.1 Å². The van der Waals surface area contributed by atoms with Crippen molar-refractivity contribution >= 4 is 40.7 Å². The van der Waals surface area contributed by atoms with Crippen molar-refractivity contribution < 1.29 is 9.66 Å². The molecule has 0 aromatic heterocycles. The van der Waals surface area contributed by atoms with Gasteiger partial charge in [0.2, 0.25) is 5.72 Å². The van der Waals surface area contributed by atoms with Crippen LogP contribution in [-0.2, 0) is 5.41 Å². The van der Waals surface area contributed by atoms with Crippen LogP contribution in [0.15, 0.2) is 36.4 Å². The van der Waals surface area contributed by atoms with Crippen molar-refractivity contribution in [3.63, 3.8) is 0 Å². The van der Waals surface area contributed by atoms with Crippen molar-refractivity contribution in [2.45, 2.75) is 25.0 Å². The second kappa shape index (κ2) is 5.38. The SMILES string of the molecule is CN1c2ccc(Cl)cc2C(C)(C)C12C=Cc1cc([N+](=O)[O-])cc(Cl)c1O2. The van der Waals surface area contributed by atoms with Crippen LogP contribution >= 0.6 is 23.2 Å². The van der Waals surface area contributed by atoms with Crippen LogP contribution in [0.1, 0.15) is 25.0 Å². The molecule has 134 valence electrons. The van der Waals surface area contributed by atoms with E-state index in [9.17, 15) is 10.1 Å². The van der Waals surface area contributed by atoms with Gasteiger partial charge in [-0.1, -0.05) is 23.2 Å². The Bertz CT molecular complexity index is 987. The van der Waals surface area contributed by atoms with Gasteiger partial charge in [-0.15, -0.1) is 0 Å². The highest BCUT2D eigenvalue weighted by atomic mass is 35.5. The predicted molar refractivity (Wildman–Crippen MR) is 103 cm³/mol. The lowest BCUT2D eigenvalue weighted by atomic mass is 9.76. The highest BCUT2D eigenvalue weighted by Crippen LogP contribution is 2.55. The van der Waals surface area contributed by atoms with Crippen LogP contribution < -0.4 is 9.64 Å². The number of nitro benzene ring substituents is 1. The zero-order valence-corrected chi connectivity index (χ0v) is 15.9. The number of hydrogen-bond donors (Lipinski definition) is 0. The molecule has 0 saturated heterocycles. The Morgan fingerprint density at radius 1 is 1.19 bits per heavy atom. The largest absolute Gasteiger partial charge is 0.461 e. The van der Waals surface area contributed by atoms with Crippen LogP contribution in [0.25, 0.3) is 6.08 Å². The number of halogens is 2. The maximum Gasteiger partial charge on any atom is 0.271 e. The molecule has 2 aliphatic rings. The molecule has 5 nitrogen and oxygen atoms in total. The molecule has 2 aromatic carbocycles. The molecule has 1 spiro atoms. The van der Waals surface area contributed by atoms with E-state index in [4.69, 9.17) is 27.9 Å². The van der Waals surface area contributed by atoms with E-state index in [2.05, 4.69) is 18.7 Å². The van der Waals surface area contributed by atoms with E-state index >= 15 is 0 Å². The number of anilines is 1. The molecule has 4 rings (SSSR count). The number of non-ortho nitro benzene ring substituents is 1. The van der Waals surface area contributed by atoms with Gasteiger partial charge in [-0.05, 0) is 49.8 Å². The van der Waals surface area contributed by atoms with Crippen molar-refractivity contribution in [1.29, 1.82) is 0 Å². The second-order valence-corrected chi connectivity index (χ2v) is 7.92. The molecule has 2 aromatic rings. The highest BCUT2D eigenvalue weighted by Gasteiger charge is 2.58. The van der Waals surface area contributed by atoms with Gasteiger partial charge < -0.3 is 9.64 Å². The molecule has 2 aliphatic heterocycles. The fourth-order valence-electron chi connectivity index (χ4n) is 3.94. The summed E-state index contributed by atoms with van der Waals surface area (Å²) in [5.74, 6) is 0.443. The Balaban J connectivity index is 1.88. The van der Waals surface area contributed by atoms with Gasteiger partial charge in [0.1, 0.15) is 5.75 Å². The highest BCUT2D eigenvalue weighted by molar-refractivity contribution is 6.32. The first-order valence-corrected chi connectivity index (χ1v) is 8.83. The van der Waals surface area contributed by atoms with E-state index in [-0.39, 0.29) is 10.7 Å². The number of rotatable bonds is 1. The average molecular weight is 391 g/mol. The molecule has 0 aliphatic carbocycles. The number of nitro groups is 1.